The second-order valence-electron chi connectivity index (χ2n) is 2.04. The van der Waals surface area contributed by atoms with Gasteiger partial charge in [0.25, 0.3) is 5.56 Å². The molecule has 0 amide bonds. The summed E-state index contributed by atoms with van der Waals surface area (Å²) in [7, 11) is 0. The predicted molar refractivity (Wildman–Crippen MR) is 42.4 cm³/mol. The van der Waals surface area contributed by atoms with E-state index in [4.69, 9.17) is 0 Å². The molecule has 0 unspecified atom stereocenters. The quantitative estimate of drug-likeness (QED) is 0.599. The van der Waals surface area contributed by atoms with E-state index < -0.39 is 5.69 Å². The topological polar surface area (TPSA) is 65.7 Å². The van der Waals surface area contributed by atoms with Gasteiger partial charge < -0.3 is 4.98 Å². The van der Waals surface area contributed by atoms with Crippen LogP contribution >= 0.6 is 0 Å². The van der Waals surface area contributed by atoms with Crippen molar-refractivity contribution in [3.8, 4) is 0 Å². The number of aromatic amines is 2. The number of hydrogen-bond acceptors (Lipinski definition) is 2. The van der Waals surface area contributed by atoms with Crippen LogP contribution in [0.3, 0.4) is 0 Å². The molecular weight excluding hydrogens is 144 g/mol. The molecule has 0 aliphatic heterocycles. The van der Waals surface area contributed by atoms with E-state index in [1.54, 1.807) is 19.1 Å². The molecular formula is C7H8N2O2. The van der Waals surface area contributed by atoms with Gasteiger partial charge in [-0.1, -0.05) is 6.08 Å². The molecule has 0 spiro atoms. The van der Waals surface area contributed by atoms with Crippen LogP contribution in [0.4, 0.5) is 0 Å². The molecule has 1 heterocycles. The van der Waals surface area contributed by atoms with E-state index in [1.807, 2.05) is 0 Å². The van der Waals surface area contributed by atoms with E-state index in [0.29, 0.717) is 5.69 Å². The Bertz CT molecular complexity index is 344. The van der Waals surface area contributed by atoms with E-state index in [9.17, 15) is 9.59 Å². The summed E-state index contributed by atoms with van der Waals surface area (Å²) >= 11 is 0. The molecule has 2 N–H and O–H groups in total. The fraction of sp³-hybridized carbons (Fsp3) is 0.143. The largest absolute Gasteiger partial charge is 0.326 e. The van der Waals surface area contributed by atoms with Gasteiger partial charge in [0.1, 0.15) is 0 Å². The third-order valence-corrected chi connectivity index (χ3v) is 1.13. The highest BCUT2D eigenvalue weighted by atomic mass is 16.2. The SMILES string of the molecule is C/C=C\c1cc(=O)[nH]c(=O)[nH]1. The molecule has 1 aromatic rings. The van der Waals surface area contributed by atoms with Gasteiger partial charge in [-0.25, -0.2) is 4.79 Å². The summed E-state index contributed by atoms with van der Waals surface area (Å²) < 4.78 is 0. The van der Waals surface area contributed by atoms with Gasteiger partial charge in [0.15, 0.2) is 0 Å². The molecule has 0 saturated heterocycles. The Morgan fingerprint density at radius 2 is 2.09 bits per heavy atom. The van der Waals surface area contributed by atoms with Crippen LogP contribution in [0.25, 0.3) is 6.08 Å². The number of nitrogens with one attached hydrogen (secondary N) is 2. The first-order valence-corrected chi connectivity index (χ1v) is 3.18. The molecule has 0 aliphatic carbocycles. The highest BCUT2D eigenvalue weighted by molar-refractivity contribution is 5.42. The molecule has 4 nitrogen and oxygen atoms in total. The fourth-order valence-corrected chi connectivity index (χ4v) is 0.757. The van der Waals surface area contributed by atoms with Gasteiger partial charge in [-0.3, -0.25) is 9.78 Å². The Labute approximate surface area is 62.6 Å². The zero-order chi connectivity index (χ0) is 8.27. The lowest BCUT2D eigenvalue weighted by Crippen LogP contribution is -2.21. The van der Waals surface area contributed by atoms with Gasteiger partial charge >= 0.3 is 5.69 Å². The molecule has 0 atom stereocenters. The first-order chi connectivity index (χ1) is 5.22. The number of aromatic nitrogens is 2. The lowest BCUT2D eigenvalue weighted by atomic mass is 10.4. The van der Waals surface area contributed by atoms with Crippen LogP contribution < -0.4 is 11.2 Å². The van der Waals surface area contributed by atoms with Crippen LogP contribution in [0.2, 0.25) is 0 Å². The normalized spacial score (nSPS) is 10.6. The van der Waals surface area contributed by atoms with E-state index in [0.717, 1.165) is 0 Å². The fourth-order valence-electron chi connectivity index (χ4n) is 0.757. The van der Waals surface area contributed by atoms with Crippen LogP contribution in [0.15, 0.2) is 21.7 Å². The van der Waals surface area contributed by atoms with Crippen molar-refractivity contribution in [1.29, 1.82) is 0 Å². The third kappa shape index (κ3) is 1.93. The lowest BCUT2D eigenvalue weighted by molar-refractivity contribution is 1.02. The summed E-state index contributed by atoms with van der Waals surface area (Å²) in [6.07, 6.45) is 3.39. The summed E-state index contributed by atoms with van der Waals surface area (Å²) in [6.45, 7) is 1.81. The average molecular weight is 152 g/mol. The summed E-state index contributed by atoms with van der Waals surface area (Å²) in [4.78, 5) is 25.8. The Morgan fingerprint density at radius 3 is 2.64 bits per heavy atom. The maximum Gasteiger partial charge on any atom is 0.326 e. The zero-order valence-electron chi connectivity index (χ0n) is 6.05. The van der Waals surface area contributed by atoms with E-state index in [-0.39, 0.29) is 5.56 Å². The van der Waals surface area contributed by atoms with Crippen LogP contribution in [0.5, 0.6) is 0 Å². The van der Waals surface area contributed by atoms with Gasteiger partial charge in [0, 0.05) is 11.8 Å². The zero-order valence-corrected chi connectivity index (χ0v) is 6.05. The van der Waals surface area contributed by atoms with Gasteiger partial charge in [-0.15, -0.1) is 0 Å². The third-order valence-electron chi connectivity index (χ3n) is 1.13. The van der Waals surface area contributed by atoms with Gasteiger partial charge in [-0.2, -0.15) is 0 Å². The smallest absolute Gasteiger partial charge is 0.307 e. The number of hydrogen-bond donors (Lipinski definition) is 2. The van der Waals surface area contributed by atoms with Gasteiger partial charge in [0.2, 0.25) is 0 Å². The maximum absolute atomic E-state index is 10.7. The molecule has 1 aromatic heterocycles. The average Bonchev–Trinajstić information content (AvgIpc) is 1.85. The number of rotatable bonds is 1. The van der Waals surface area contributed by atoms with E-state index in [2.05, 4.69) is 9.97 Å². The van der Waals surface area contributed by atoms with E-state index in [1.165, 1.54) is 6.07 Å². The predicted octanol–water partition coefficient (Wildman–Crippen LogP) is 0.0963. The Hall–Kier alpha value is -1.58. The lowest BCUT2D eigenvalue weighted by Gasteiger charge is -1.88. The Kier molecular flexibility index (Phi) is 2.06. The van der Waals surface area contributed by atoms with Crippen LogP contribution in [0, 0.1) is 0 Å². The molecule has 0 bridgehead atoms. The number of allylic oxidation sites excluding steroid dienone is 1. The molecule has 11 heavy (non-hydrogen) atoms. The maximum atomic E-state index is 10.7. The van der Waals surface area contributed by atoms with Gasteiger partial charge in [-0.05, 0) is 13.0 Å². The summed E-state index contributed by atoms with van der Waals surface area (Å²) in [6, 6.07) is 1.32. The first kappa shape index (κ1) is 7.53. The van der Waals surface area contributed by atoms with Crippen molar-refractivity contribution < 1.29 is 0 Å². The minimum Gasteiger partial charge on any atom is -0.307 e. The van der Waals surface area contributed by atoms with Gasteiger partial charge in [0.05, 0.1) is 0 Å². The van der Waals surface area contributed by atoms with Crippen LogP contribution in [-0.2, 0) is 0 Å². The molecule has 0 aliphatic rings. The molecule has 0 saturated carbocycles. The second kappa shape index (κ2) is 3.01. The molecule has 1 rings (SSSR count). The molecule has 0 aromatic carbocycles. The highest BCUT2D eigenvalue weighted by Gasteiger charge is 1.89. The van der Waals surface area contributed by atoms with Crippen molar-refractivity contribution >= 4 is 6.08 Å². The van der Waals surface area contributed by atoms with Crippen molar-refractivity contribution in [1.82, 2.24) is 9.97 Å². The van der Waals surface area contributed by atoms with Crippen molar-refractivity contribution in [3.05, 3.63) is 38.7 Å². The van der Waals surface area contributed by atoms with Crippen molar-refractivity contribution in [2.75, 3.05) is 0 Å². The second-order valence-corrected chi connectivity index (χ2v) is 2.04. The minimum atomic E-state index is -0.481. The van der Waals surface area contributed by atoms with E-state index >= 15 is 0 Å². The Morgan fingerprint density at radius 1 is 1.36 bits per heavy atom. The molecule has 58 valence electrons. The molecule has 4 heteroatoms. The standard InChI is InChI=1S/C7H8N2O2/c1-2-3-5-4-6(10)9-7(11)8-5/h2-4H,1H3,(H2,8,9,10,11)/b3-2-. The summed E-state index contributed by atoms with van der Waals surface area (Å²) in [5, 5.41) is 0. The highest BCUT2D eigenvalue weighted by Crippen LogP contribution is 1.87. The monoisotopic (exact) mass is 152 g/mol. The van der Waals surface area contributed by atoms with Crippen molar-refractivity contribution in [3.63, 3.8) is 0 Å². The minimum absolute atomic E-state index is 0.387. The number of H-pyrrole nitrogens is 2. The van der Waals surface area contributed by atoms with Crippen molar-refractivity contribution in [2.45, 2.75) is 6.92 Å². The summed E-state index contributed by atoms with van der Waals surface area (Å²) in [5.74, 6) is 0. The first-order valence-electron chi connectivity index (χ1n) is 3.18. The molecule has 0 radical (unpaired) electrons. The Balaban J connectivity index is 3.30. The molecule has 0 fully saturated rings. The summed E-state index contributed by atoms with van der Waals surface area (Å²) in [5.41, 5.74) is -0.353. The van der Waals surface area contributed by atoms with Crippen LogP contribution in [0.1, 0.15) is 12.6 Å². The van der Waals surface area contributed by atoms with Crippen molar-refractivity contribution in [2.24, 2.45) is 0 Å². The van der Waals surface area contributed by atoms with Crippen LogP contribution in [-0.4, -0.2) is 9.97 Å².